The lowest BCUT2D eigenvalue weighted by molar-refractivity contribution is 0.295. The summed E-state index contributed by atoms with van der Waals surface area (Å²) < 4.78 is 0. The van der Waals surface area contributed by atoms with E-state index in [2.05, 4.69) is 64.2 Å². The topological polar surface area (TPSA) is 12.0 Å². The van der Waals surface area contributed by atoms with Gasteiger partial charge < -0.3 is 5.32 Å². The Morgan fingerprint density at radius 3 is 2.56 bits per heavy atom. The van der Waals surface area contributed by atoms with Crippen LogP contribution in [0.1, 0.15) is 38.8 Å². The Kier molecular flexibility index (Phi) is 6.24. The Bertz CT molecular complexity index is 354. The summed E-state index contributed by atoms with van der Waals surface area (Å²) in [5, 5.41) is 3.60. The first-order valence-corrected chi connectivity index (χ1v) is 7.95. The van der Waals surface area contributed by atoms with Crippen molar-refractivity contribution in [1.29, 1.82) is 0 Å². The molecule has 0 saturated carbocycles. The minimum absolute atomic E-state index is 0.329. The van der Waals surface area contributed by atoms with Crippen LogP contribution in [0.4, 0.5) is 0 Å². The third-order valence-electron chi connectivity index (χ3n) is 3.13. The summed E-state index contributed by atoms with van der Waals surface area (Å²) in [7, 11) is 0. The maximum Gasteiger partial charge on any atom is 0.0206 e. The van der Waals surface area contributed by atoms with Gasteiger partial charge in [0.15, 0.2) is 0 Å². The fraction of sp³-hybridized carbons (Fsp3) is 0.625. The quantitative estimate of drug-likeness (QED) is 0.825. The summed E-state index contributed by atoms with van der Waals surface area (Å²) in [6.07, 6.45) is 0. The maximum atomic E-state index is 3.60. The highest BCUT2D eigenvalue weighted by molar-refractivity contribution is 7.98. The molecule has 18 heavy (non-hydrogen) atoms. The number of hydrogen-bond donors (Lipinski definition) is 1. The molecule has 1 N–H and O–H groups in total. The van der Waals surface area contributed by atoms with Crippen LogP contribution in [0.3, 0.4) is 0 Å². The molecular weight excluding hydrogens is 238 g/mol. The van der Waals surface area contributed by atoms with Gasteiger partial charge in [-0.25, -0.2) is 0 Å². The van der Waals surface area contributed by atoms with Gasteiger partial charge >= 0.3 is 0 Å². The van der Waals surface area contributed by atoms with E-state index in [4.69, 9.17) is 0 Å². The Hall–Kier alpha value is -0.470. The van der Waals surface area contributed by atoms with E-state index >= 15 is 0 Å². The second-order valence-electron chi connectivity index (χ2n) is 5.98. The zero-order valence-electron chi connectivity index (χ0n) is 12.4. The lowest BCUT2D eigenvalue weighted by Gasteiger charge is -2.31. The molecule has 0 saturated heterocycles. The second-order valence-corrected chi connectivity index (χ2v) is 7.01. The van der Waals surface area contributed by atoms with Gasteiger partial charge in [0.1, 0.15) is 0 Å². The molecule has 0 heterocycles. The molecule has 2 heteroatoms. The van der Waals surface area contributed by atoms with Crippen molar-refractivity contribution in [2.45, 2.75) is 46.4 Å². The van der Waals surface area contributed by atoms with Crippen molar-refractivity contribution in [2.24, 2.45) is 5.41 Å². The van der Waals surface area contributed by atoms with E-state index in [9.17, 15) is 0 Å². The molecule has 1 aromatic rings. The van der Waals surface area contributed by atoms with Crippen LogP contribution in [0.25, 0.3) is 0 Å². The average molecular weight is 265 g/mol. The van der Waals surface area contributed by atoms with Gasteiger partial charge in [-0.05, 0) is 24.4 Å². The summed E-state index contributed by atoms with van der Waals surface area (Å²) in [5.41, 5.74) is 3.12. The molecule has 0 aromatic heterocycles. The van der Waals surface area contributed by atoms with Gasteiger partial charge in [-0.1, -0.05) is 57.5 Å². The van der Waals surface area contributed by atoms with Gasteiger partial charge in [-0.3, -0.25) is 0 Å². The Labute approximate surface area is 117 Å². The molecule has 102 valence electrons. The predicted octanol–water partition coefficient (Wildman–Crippen LogP) is 4.25. The number of nitrogens with one attached hydrogen (secondary N) is 1. The number of aryl methyl sites for hydroxylation is 1. The van der Waals surface area contributed by atoms with Crippen LogP contribution < -0.4 is 5.32 Å². The second kappa shape index (κ2) is 7.20. The summed E-state index contributed by atoms with van der Waals surface area (Å²) >= 11 is 2.03. The van der Waals surface area contributed by atoms with Crippen molar-refractivity contribution in [3.05, 3.63) is 35.4 Å². The van der Waals surface area contributed by atoms with Crippen molar-refractivity contribution in [1.82, 2.24) is 5.32 Å². The van der Waals surface area contributed by atoms with Crippen LogP contribution in [0.2, 0.25) is 0 Å². The molecule has 1 atom stereocenters. The number of rotatable bonds is 6. The molecule has 0 bridgehead atoms. The number of benzene rings is 1. The molecule has 1 aromatic carbocycles. The summed E-state index contributed by atoms with van der Waals surface area (Å²) in [5.74, 6) is 2.28. The molecule has 0 spiro atoms. The highest BCUT2D eigenvalue weighted by Crippen LogP contribution is 2.24. The van der Waals surface area contributed by atoms with Crippen molar-refractivity contribution >= 4 is 11.8 Å². The highest BCUT2D eigenvalue weighted by Gasteiger charge is 2.23. The number of thioether (sulfide) groups is 1. The van der Waals surface area contributed by atoms with Crippen LogP contribution in [0.5, 0.6) is 0 Å². The van der Waals surface area contributed by atoms with Gasteiger partial charge in [-0.15, -0.1) is 0 Å². The normalized spacial score (nSPS) is 13.6. The van der Waals surface area contributed by atoms with E-state index in [0.29, 0.717) is 11.5 Å². The molecule has 1 rings (SSSR count). The minimum Gasteiger partial charge on any atom is -0.313 e. The van der Waals surface area contributed by atoms with Crippen LogP contribution >= 0.6 is 11.8 Å². The van der Waals surface area contributed by atoms with Gasteiger partial charge in [0.05, 0.1) is 0 Å². The Morgan fingerprint density at radius 1 is 1.28 bits per heavy atom. The van der Waals surface area contributed by atoms with Crippen LogP contribution in [-0.2, 0) is 5.75 Å². The lowest BCUT2D eigenvalue weighted by Crippen LogP contribution is -2.42. The van der Waals surface area contributed by atoms with Crippen LogP contribution in [0.15, 0.2) is 24.3 Å². The first-order chi connectivity index (χ1) is 8.43. The SMILES string of the molecule is CCNC(CSCc1cccc(C)c1)C(C)(C)C. The van der Waals surface area contributed by atoms with Crippen LogP contribution in [0, 0.1) is 12.3 Å². The van der Waals surface area contributed by atoms with E-state index in [0.717, 1.165) is 12.3 Å². The summed E-state index contributed by atoms with van der Waals surface area (Å²) in [6.45, 7) is 12.3. The maximum absolute atomic E-state index is 3.60. The van der Waals surface area contributed by atoms with E-state index in [1.54, 1.807) is 0 Å². The summed E-state index contributed by atoms with van der Waals surface area (Å²) in [6, 6.07) is 9.39. The van der Waals surface area contributed by atoms with Crippen molar-refractivity contribution in [2.75, 3.05) is 12.3 Å². The fourth-order valence-corrected chi connectivity index (χ4v) is 3.34. The molecule has 0 aliphatic heterocycles. The molecular formula is C16H27NS. The monoisotopic (exact) mass is 265 g/mol. The molecule has 1 unspecified atom stereocenters. The third-order valence-corrected chi connectivity index (χ3v) is 4.24. The van der Waals surface area contributed by atoms with E-state index in [-0.39, 0.29) is 0 Å². The first kappa shape index (κ1) is 15.6. The number of hydrogen-bond acceptors (Lipinski definition) is 2. The van der Waals surface area contributed by atoms with Crippen molar-refractivity contribution < 1.29 is 0 Å². The zero-order chi connectivity index (χ0) is 13.6. The van der Waals surface area contributed by atoms with Crippen molar-refractivity contribution in [3.63, 3.8) is 0 Å². The molecule has 0 amide bonds. The largest absolute Gasteiger partial charge is 0.313 e. The van der Waals surface area contributed by atoms with Gasteiger partial charge in [-0.2, -0.15) is 11.8 Å². The Morgan fingerprint density at radius 2 is 2.00 bits per heavy atom. The van der Waals surface area contributed by atoms with Gasteiger partial charge in [0.25, 0.3) is 0 Å². The van der Waals surface area contributed by atoms with Crippen molar-refractivity contribution in [3.8, 4) is 0 Å². The molecule has 0 radical (unpaired) electrons. The van der Waals surface area contributed by atoms with Gasteiger partial charge in [0, 0.05) is 17.5 Å². The first-order valence-electron chi connectivity index (χ1n) is 6.80. The standard InChI is InChI=1S/C16H27NS/c1-6-17-15(16(3,4)5)12-18-11-14-9-7-8-13(2)10-14/h7-10,15,17H,6,11-12H2,1-5H3. The predicted molar refractivity (Wildman–Crippen MR) is 84.3 cm³/mol. The van der Waals surface area contributed by atoms with E-state index in [1.165, 1.54) is 16.9 Å². The average Bonchev–Trinajstić information content (AvgIpc) is 2.27. The smallest absolute Gasteiger partial charge is 0.0206 e. The van der Waals surface area contributed by atoms with E-state index in [1.807, 2.05) is 11.8 Å². The molecule has 1 nitrogen and oxygen atoms in total. The molecule has 0 fully saturated rings. The lowest BCUT2D eigenvalue weighted by atomic mass is 9.88. The fourth-order valence-electron chi connectivity index (χ4n) is 1.96. The zero-order valence-corrected chi connectivity index (χ0v) is 13.2. The summed E-state index contributed by atoms with van der Waals surface area (Å²) in [4.78, 5) is 0. The third kappa shape index (κ3) is 5.45. The molecule has 0 aliphatic rings. The van der Waals surface area contributed by atoms with Crippen LogP contribution in [-0.4, -0.2) is 18.3 Å². The Balaban J connectivity index is 2.44. The minimum atomic E-state index is 0.329. The highest BCUT2D eigenvalue weighted by atomic mass is 32.2. The van der Waals surface area contributed by atoms with E-state index < -0.39 is 0 Å². The molecule has 0 aliphatic carbocycles. The van der Waals surface area contributed by atoms with Gasteiger partial charge in [0.2, 0.25) is 0 Å².